The number of nitrogens with one attached hydrogen (secondary N) is 1. The van der Waals surface area contributed by atoms with E-state index >= 15 is 0 Å². The summed E-state index contributed by atoms with van der Waals surface area (Å²) < 4.78 is 5.13. The molecule has 0 aliphatic rings. The molecule has 112 valence electrons. The molecule has 2 rings (SSSR count). The zero-order chi connectivity index (χ0) is 15.3. The summed E-state index contributed by atoms with van der Waals surface area (Å²) in [6, 6.07) is 5.41. The van der Waals surface area contributed by atoms with Gasteiger partial charge in [0.15, 0.2) is 0 Å². The molecular weight excluding hydrogens is 272 g/mol. The third kappa shape index (κ3) is 3.25. The predicted molar refractivity (Wildman–Crippen MR) is 75.3 cm³/mol. The highest BCUT2D eigenvalue weighted by molar-refractivity contribution is 5.78. The largest absolute Gasteiger partial charge is 0.480 e. The molecule has 0 unspecified atom stereocenters. The monoisotopic (exact) mass is 290 g/mol. The average Bonchev–Trinajstić information content (AvgIpc) is 2.98. The Balaban J connectivity index is 2.08. The van der Waals surface area contributed by atoms with E-state index in [1.165, 1.54) is 0 Å². The van der Waals surface area contributed by atoms with E-state index in [0.29, 0.717) is 30.3 Å². The van der Waals surface area contributed by atoms with Crippen molar-refractivity contribution in [2.45, 2.75) is 38.8 Å². The zero-order valence-corrected chi connectivity index (χ0v) is 12.0. The highest BCUT2D eigenvalue weighted by Crippen LogP contribution is 2.17. The van der Waals surface area contributed by atoms with Crippen LogP contribution in [0.25, 0.3) is 11.5 Å². The number of pyridine rings is 1. The quantitative estimate of drug-likeness (QED) is 0.802. The van der Waals surface area contributed by atoms with Gasteiger partial charge in [0.05, 0.1) is 6.54 Å². The number of nitrogens with zero attached hydrogens (tertiary/aromatic N) is 3. The Bertz CT molecular complexity index is 593. The summed E-state index contributed by atoms with van der Waals surface area (Å²) in [5.74, 6) is -0.151. The van der Waals surface area contributed by atoms with Gasteiger partial charge in [-0.2, -0.15) is 4.98 Å². The van der Waals surface area contributed by atoms with Crippen LogP contribution in [0.15, 0.2) is 28.9 Å². The highest BCUT2D eigenvalue weighted by atomic mass is 16.5. The Hall–Kier alpha value is -2.28. The third-order valence-corrected chi connectivity index (χ3v) is 3.56. The molecule has 0 atom stereocenters. The van der Waals surface area contributed by atoms with E-state index in [4.69, 9.17) is 4.52 Å². The molecule has 0 fully saturated rings. The summed E-state index contributed by atoms with van der Waals surface area (Å²) in [6.07, 6.45) is 2.59. The molecular formula is C14H18N4O3. The van der Waals surface area contributed by atoms with Gasteiger partial charge >= 0.3 is 5.97 Å². The van der Waals surface area contributed by atoms with Gasteiger partial charge in [0.2, 0.25) is 11.7 Å². The van der Waals surface area contributed by atoms with Crippen LogP contribution >= 0.6 is 0 Å². The maximum Gasteiger partial charge on any atom is 0.323 e. The van der Waals surface area contributed by atoms with Crippen LogP contribution in [0.2, 0.25) is 0 Å². The van der Waals surface area contributed by atoms with Crippen molar-refractivity contribution in [2.75, 3.05) is 0 Å². The fourth-order valence-corrected chi connectivity index (χ4v) is 2.05. The Morgan fingerprint density at radius 2 is 2.14 bits per heavy atom. The summed E-state index contributed by atoms with van der Waals surface area (Å²) in [4.78, 5) is 19.7. The van der Waals surface area contributed by atoms with E-state index < -0.39 is 11.5 Å². The van der Waals surface area contributed by atoms with Crippen molar-refractivity contribution < 1.29 is 14.4 Å². The number of carboxylic acids is 1. The second-order valence-corrected chi connectivity index (χ2v) is 4.67. The standard InChI is InChI=1S/C14H18N4O3/c1-3-14(4-2,13(19)20)16-9-11-17-12(18-21-11)10-7-5-6-8-15-10/h5-8,16H,3-4,9H2,1-2H3,(H,19,20). The fourth-order valence-electron chi connectivity index (χ4n) is 2.05. The molecule has 2 heterocycles. The molecule has 0 saturated carbocycles. The van der Waals surface area contributed by atoms with Crippen molar-refractivity contribution in [1.29, 1.82) is 0 Å². The molecule has 0 aliphatic carbocycles. The minimum atomic E-state index is -0.973. The van der Waals surface area contributed by atoms with Gasteiger partial charge in [0.1, 0.15) is 11.2 Å². The second-order valence-electron chi connectivity index (χ2n) is 4.67. The number of carboxylic acid groups (broad SMARTS) is 1. The molecule has 0 radical (unpaired) electrons. The maximum atomic E-state index is 11.4. The molecule has 0 aromatic carbocycles. The van der Waals surface area contributed by atoms with Gasteiger partial charge in [-0.1, -0.05) is 25.1 Å². The van der Waals surface area contributed by atoms with Crippen molar-refractivity contribution in [3.63, 3.8) is 0 Å². The van der Waals surface area contributed by atoms with Crippen LogP contribution in [0.4, 0.5) is 0 Å². The second kappa shape index (κ2) is 6.45. The van der Waals surface area contributed by atoms with E-state index in [0.717, 1.165) is 0 Å². The first-order chi connectivity index (χ1) is 10.1. The lowest BCUT2D eigenvalue weighted by Crippen LogP contribution is -2.50. The van der Waals surface area contributed by atoms with E-state index in [1.807, 2.05) is 19.9 Å². The molecule has 7 heteroatoms. The van der Waals surface area contributed by atoms with Crippen molar-refractivity contribution in [2.24, 2.45) is 0 Å². The third-order valence-electron chi connectivity index (χ3n) is 3.56. The molecule has 2 aromatic heterocycles. The maximum absolute atomic E-state index is 11.4. The number of carbonyl (C=O) groups is 1. The molecule has 21 heavy (non-hydrogen) atoms. The lowest BCUT2D eigenvalue weighted by Gasteiger charge is -2.27. The minimum Gasteiger partial charge on any atom is -0.480 e. The summed E-state index contributed by atoms with van der Waals surface area (Å²) >= 11 is 0. The summed E-state index contributed by atoms with van der Waals surface area (Å²) in [6.45, 7) is 3.86. The van der Waals surface area contributed by atoms with Crippen LogP contribution in [0.3, 0.4) is 0 Å². The Morgan fingerprint density at radius 1 is 1.38 bits per heavy atom. The van der Waals surface area contributed by atoms with Crippen LogP contribution in [-0.2, 0) is 11.3 Å². The molecule has 0 amide bonds. The number of rotatable bonds is 7. The van der Waals surface area contributed by atoms with Crippen molar-refractivity contribution in [3.05, 3.63) is 30.3 Å². The van der Waals surface area contributed by atoms with Gasteiger partial charge < -0.3 is 9.63 Å². The Labute approximate surface area is 122 Å². The molecule has 2 aromatic rings. The normalized spacial score (nSPS) is 11.5. The molecule has 0 saturated heterocycles. The van der Waals surface area contributed by atoms with Crippen LogP contribution < -0.4 is 5.32 Å². The molecule has 0 spiro atoms. The van der Waals surface area contributed by atoms with Gasteiger partial charge in [-0.3, -0.25) is 15.1 Å². The SMILES string of the molecule is CCC(CC)(NCc1nc(-c2ccccn2)no1)C(=O)O. The van der Waals surface area contributed by atoms with Crippen LogP contribution in [-0.4, -0.2) is 31.7 Å². The van der Waals surface area contributed by atoms with E-state index in [2.05, 4.69) is 20.4 Å². The van der Waals surface area contributed by atoms with Crippen molar-refractivity contribution in [1.82, 2.24) is 20.4 Å². The van der Waals surface area contributed by atoms with Gasteiger partial charge in [0, 0.05) is 6.20 Å². The van der Waals surface area contributed by atoms with Crippen molar-refractivity contribution in [3.8, 4) is 11.5 Å². The topological polar surface area (TPSA) is 101 Å². The van der Waals surface area contributed by atoms with Crippen LogP contribution in [0.5, 0.6) is 0 Å². The first kappa shape index (κ1) is 15.1. The van der Waals surface area contributed by atoms with Crippen LogP contribution in [0, 0.1) is 0 Å². The molecule has 7 nitrogen and oxygen atoms in total. The Kier molecular flexibility index (Phi) is 4.64. The summed E-state index contributed by atoms with van der Waals surface area (Å²) in [7, 11) is 0. The summed E-state index contributed by atoms with van der Waals surface area (Å²) in [5.41, 5.74) is -0.359. The van der Waals surface area contributed by atoms with Gasteiger partial charge in [-0.25, -0.2) is 0 Å². The lowest BCUT2D eigenvalue weighted by atomic mass is 9.93. The smallest absolute Gasteiger partial charge is 0.323 e. The van der Waals surface area contributed by atoms with E-state index in [1.54, 1.807) is 18.3 Å². The number of aromatic nitrogens is 3. The van der Waals surface area contributed by atoms with Gasteiger partial charge in [0.25, 0.3) is 0 Å². The minimum absolute atomic E-state index is 0.202. The molecule has 0 aliphatic heterocycles. The molecule has 2 N–H and O–H groups in total. The highest BCUT2D eigenvalue weighted by Gasteiger charge is 2.34. The van der Waals surface area contributed by atoms with Gasteiger partial charge in [-0.15, -0.1) is 0 Å². The average molecular weight is 290 g/mol. The first-order valence-corrected chi connectivity index (χ1v) is 6.83. The zero-order valence-electron chi connectivity index (χ0n) is 12.0. The van der Waals surface area contributed by atoms with E-state index in [-0.39, 0.29) is 6.54 Å². The lowest BCUT2D eigenvalue weighted by molar-refractivity contribution is -0.145. The van der Waals surface area contributed by atoms with Gasteiger partial charge in [-0.05, 0) is 25.0 Å². The number of hydrogen-bond acceptors (Lipinski definition) is 6. The molecule has 0 bridgehead atoms. The number of hydrogen-bond donors (Lipinski definition) is 2. The number of aliphatic carboxylic acids is 1. The van der Waals surface area contributed by atoms with Crippen LogP contribution in [0.1, 0.15) is 32.6 Å². The first-order valence-electron chi connectivity index (χ1n) is 6.83. The summed E-state index contributed by atoms with van der Waals surface area (Å²) in [5, 5.41) is 16.2. The fraction of sp³-hybridized carbons (Fsp3) is 0.429. The van der Waals surface area contributed by atoms with Crippen molar-refractivity contribution >= 4 is 5.97 Å². The van der Waals surface area contributed by atoms with E-state index in [9.17, 15) is 9.90 Å². The Morgan fingerprint density at radius 3 is 2.71 bits per heavy atom. The predicted octanol–water partition coefficient (Wildman–Crippen LogP) is 1.86.